The van der Waals surface area contributed by atoms with Crippen LogP contribution in [-0.4, -0.2) is 26.8 Å². The van der Waals surface area contributed by atoms with Crippen LogP contribution in [0.1, 0.15) is 12.8 Å². The molecule has 1 aromatic rings. The van der Waals surface area contributed by atoms with E-state index >= 15 is 0 Å². The maximum absolute atomic E-state index is 12.2. The number of hydrogen-bond donors (Lipinski definition) is 2. The van der Waals surface area contributed by atoms with Crippen LogP contribution in [0.25, 0.3) is 0 Å². The van der Waals surface area contributed by atoms with Crippen molar-refractivity contribution >= 4 is 47.6 Å². The van der Waals surface area contributed by atoms with Gasteiger partial charge in [-0.3, -0.25) is 4.72 Å². The fourth-order valence-corrected chi connectivity index (χ4v) is 4.19. The van der Waals surface area contributed by atoms with Crippen LogP contribution >= 0.6 is 31.9 Å². The summed E-state index contributed by atoms with van der Waals surface area (Å²) >= 11 is 6.68. The Morgan fingerprint density at radius 3 is 2.78 bits per heavy atom. The Morgan fingerprint density at radius 1 is 1.33 bits per heavy atom. The van der Waals surface area contributed by atoms with Crippen LogP contribution in [0.5, 0.6) is 0 Å². The third-order valence-corrected chi connectivity index (χ3v) is 5.84. The summed E-state index contributed by atoms with van der Waals surface area (Å²) in [6.45, 7) is 1.41. The fraction of sp³-hybridized carbons (Fsp3) is 0.455. The van der Waals surface area contributed by atoms with E-state index in [4.69, 9.17) is 0 Å². The molecule has 1 aromatic carbocycles. The van der Waals surface area contributed by atoms with Gasteiger partial charge in [-0.05, 0) is 53.5 Å². The quantitative estimate of drug-likeness (QED) is 0.824. The smallest absolute Gasteiger partial charge is 0.236 e. The van der Waals surface area contributed by atoms with Crippen molar-refractivity contribution in [3.63, 3.8) is 0 Å². The van der Waals surface area contributed by atoms with Gasteiger partial charge in [-0.2, -0.15) is 0 Å². The molecule has 2 N–H and O–H groups in total. The second-order valence-corrected chi connectivity index (χ2v) is 7.97. The van der Waals surface area contributed by atoms with Crippen molar-refractivity contribution in [1.82, 2.24) is 5.32 Å². The van der Waals surface area contributed by atoms with Gasteiger partial charge in [0.1, 0.15) is 0 Å². The van der Waals surface area contributed by atoms with E-state index in [1.807, 2.05) is 6.07 Å². The number of nitrogens with one attached hydrogen (secondary N) is 2. The summed E-state index contributed by atoms with van der Waals surface area (Å²) in [6.07, 6.45) is 1.60. The van der Waals surface area contributed by atoms with Gasteiger partial charge >= 0.3 is 0 Å². The van der Waals surface area contributed by atoms with Crippen molar-refractivity contribution in [2.24, 2.45) is 0 Å². The zero-order chi connectivity index (χ0) is 13.2. The highest BCUT2D eigenvalue weighted by atomic mass is 79.9. The molecule has 0 aromatic heterocycles. The minimum absolute atomic E-state index is 0.364. The van der Waals surface area contributed by atoms with E-state index in [2.05, 4.69) is 41.9 Å². The van der Waals surface area contributed by atoms with Gasteiger partial charge in [0.25, 0.3) is 0 Å². The molecular weight excluding hydrogens is 384 g/mol. The van der Waals surface area contributed by atoms with Gasteiger partial charge in [0, 0.05) is 15.5 Å². The molecule has 0 spiro atoms. The minimum Gasteiger partial charge on any atom is -0.315 e. The normalized spacial score (nSPS) is 20.7. The van der Waals surface area contributed by atoms with Crippen LogP contribution in [0.4, 0.5) is 5.69 Å². The van der Waals surface area contributed by atoms with E-state index < -0.39 is 10.0 Å². The SMILES string of the molecule is O=S(=O)(Nc1cc(Br)ccc1Br)C1CCCNC1. The number of halogens is 2. The Hall–Kier alpha value is -0.110. The van der Waals surface area contributed by atoms with Gasteiger partial charge < -0.3 is 5.32 Å². The molecule has 0 bridgehead atoms. The highest BCUT2D eigenvalue weighted by molar-refractivity contribution is 9.11. The van der Waals surface area contributed by atoms with Crippen LogP contribution in [-0.2, 0) is 10.0 Å². The van der Waals surface area contributed by atoms with Gasteiger partial charge in [-0.15, -0.1) is 0 Å². The first kappa shape index (κ1) is 14.3. The highest BCUT2D eigenvalue weighted by Gasteiger charge is 2.27. The van der Waals surface area contributed by atoms with Crippen LogP contribution in [0.3, 0.4) is 0 Å². The van der Waals surface area contributed by atoms with Crippen molar-refractivity contribution in [3.05, 3.63) is 27.1 Å². The van der Waals surface area contributed by atoms with Crippen molar-refractivity contribution in [2.45, 2.75) is 18.1 Å². The summed E-state index contributed by atoms with van der Waals surface area (Å²) < 4.78 is 28.7. The van der Waals surface area contributed by atoms with Gasteiger partial charge in [-0.25, -0.2) is 8.42 Å². The molecule has 7 heteroatoms. The number of anilines is 1. The van der Waals surface area contributed by atoms with E-state index in [9.17, 15) is 8.42 Å². The van der Waals surface area contributed by atoms with Crippen molar-refractivity contribution < 1.29 is 8.42 Å². The zero-order valence-corrected chi connectivity index (χ0v) is 13.6. The summed E-state index contributed by atoms with van der Waals surface area (Å²) in [5, 5.41) is 2.75. The lowest BCUT2D eigenvalue weighted by molar-refractivity contribution is 0.499. The molecule has 1 unspecified atom stereocenters. The van der Waals surface area contributed by atoms with Gasteiger partial charge in [0.15, 0.2) is 0 Å². The topological polar surface area (TPSA) is 58.2 Å². The molecule has 0 saturated carbocycles. The second kappa shape index (κ2) is 5.90. The molecule has 0 amide bonds. The predicted molar refractivity (Wildman–Crippen MR) is 80.3 cm³/mol. The summed E-state index contributed by atoms with van der Waals surface area (Å²) in [5.41, 5.74) is 0.565. The van der Waals surface area contributed by atoms with Gasteiger partial charge in [0.2, 0.25) is 10.0 Å². The van der Waals surface area contributed by atoms with Gasteiger partial charge in [0.05, 0.1) is 10.9 Å². The Kier molecular flexibility index (Phi) is 4.69. The van der Waals surface area contributed by atoms with Crippen molar-refractivity contribution in [3.8, 4) is 0 Å². The Balaban J connectivity index is 2.18. The van der Waals surface area contributed by atoms with Crippen molar-refractivity contribution in [2.75, 3.05) is 17.8 Å². The van der Waals surface area contributed by atoms with E-state index in [0.29, 0.717) is 18.7 Å². The molecule has 2 rings (SSSR count). The lowest BCUT2D eigenvalue weighted by atomic mass is 10.2. The number of sulfonamides is 1. The summed E-state index contributed by atoms with van der Waals surface area (Å²) in [5.74, 6) is 0. The molecule has 0 aliphatic carbocycles. The van der Waals surface area contributed by atoms with Crippen LogP contribution in [0.15, 0.2) is 27.1 Å². The average molecular weight is 398 g/mol. The van der Waals surface area contributed by atoms with Crippen LogP contribution in [0.2, 0.25) is 0 Å². The van der Waals surface area contributed by atoms with Crippen molar-refractivity contribution in [1.29, 1.82) is 0 Å². The first-order chi connectivity index (χ1) is 8.49. The van der Waals surface area contributed by atoms with E-state index in [0.717, 1.165) is 21.9 Å². The molecule has 1 aliphatic rings. The summed E-state index contributed by atoms with van der Waals surface area (Å²) in [6, 6.07) is 5.41. The molecule has 1 fully saturated rings. The Labute approximate surface area is 124 Å². The predicted octanol–water partition coefficient (Wildman–Crippen LogP) is 2.71. The number of benzene rings is 1. The van der Waals surface area contributed by atoms with Gasteiger partial charge in [-0.1, -0.05) is 15.9 Å². The molecule has 1 heterocycles. The average Bonchev–Trinajstić information content (AvgIpc) is 2.35. The molecule has 100 valence electrons. The molecule has 0 radical (unpaired) electrons. The molecule has 1 atom stereocenters. The summed E-state index contributed by atoms with van der Waals surface area (Å²) in [7, 11) is -3.34. The molecule has 4 nitrogen and oxygen atoms in total. The summed E-state index contributed by atoms with van der Waals surface area (Å²) in [4.78, 5) is 0. The lowest BCUT2D eigenvalue weighted by Gasteiger charge is -2.23. The van der Waals surface area contributed by atoms with E-state index in [1.165, 1.54) is 0 Å². The molecule has 1 aliphatic heterocycles. The van der Waals surface area contributed by atoms with E-state index in [-0.39, 0.29) is 5.25 Å². The first-order valence-electron chi connectivity index (χ1n) is 5.66. The Bertz CT molecular complexity index is 528. The lowest BCUT2D eigenvalue weighted by Crippen LogP contribution is -2.41. The van der Waals surface area contributed by atoms with E-state index in [1.54, 1.807) is 12.1 Å². The van der Waals surface area contributed by atoms with Crippen LogP contribution < -0.4 is 10.0 Å². The molecule has 1 saturated heterocycles. The standard InChI is InChI=1S/C11H14Br2N2O2S/c12-8-3-4-10(13)11(6-8)15-18(16,17)9-2-1-5-14-7-9/h3-4,6,9,14-15H,1-2,5,7H2. The molecular formula is C11H14Br2N2O2S. The minimum atomic E-state index is -3.34. The number of hydrogen-bond acceptors (Lipinski definition) is 3. The zero-order valence-electron chi connectivity index (χ0n) is 9.62. The largest absolute Gasteiger partial charge is 0.315 e. The monoisotopic (exact) mass is 396 g/mol. The first-order valence-corrected chi connectivity index (χ1v) is 8.80. The maximum Gasteiger partial charge on any atom is 0.236 e. The third kappa shape index (κ3) is 3.46. The third-order valence-electron chi connectivity index (χ3n) is 2.87. The van der Waals surface area contributed by atoms with Crippen LogP contribution in [0, 0.1) is 0 Å². The Morgan fingerprint density at radius 2 is 2.11 bits per heavy atom. The molecule has 18 heavy (non-hydrogen) atoms. The highest BCUT2D eigenvalue weighted by Crippen LogP contribution is 2.28. The maximum atomic E-state index is 12.2. The second-order valence-electron chi connectivity index (χ2n) is 4.24. The number of rotatable bonds is 3. The fourth-order valence-electron chi connectivity index (χ4n) is 1.90. The number of piperidine rings is 1.